The van der Waals surface area contributed by atoms with Crippen molar-refractivity contribution >= 4 is 22.6 Å². The molecule has 3 rings (SSSR count). The number of halogens is 7. The van der Waals surface area contributed by atoms with Crippen molar-refractivity contribution in [2.45, 2.75) is 23.2 Å². The van der Waals surface area contributed by atoms with E-state index in [4.69, 9.17) is 5.73 Å². The largest absolute Gasteiger partial charge is 0.418 e. The van der Waals surface area contributed by atoms with Crippen LogP contribution in [0.25, 0.3) is 0 Å². The Morgan fingerprint density at radius 2 is 1.52 bits per heavy atom. The van der Waals surface area contributed by atoms with Crippen molar-refractivity contribution in [2.75, 3.05) is 31.1 Å². The molecule has 0 bridgehead atoms. The van der Waals surface area contributed by atoms with E-state index in [9.17, 15) is 39.7 Å². The first-order valence-electron chi connectivity index (χ1n) is 9.53. The molecule has 33 heavy (non-hydrogen) atoms. The van der Waals surface area contributed by atoms with Crippen molar-refractivity contribution in [1.29, 1.82) is 0 Å². The summed E-state index contributed by atoms with van der Waals surface area (Å²) in [5.41, 5.74) is 3.16. The Hall–Kier alpha value is -2.67. The molecule has 2 aromatic rings. The Balaban J connectivity index is 1.71. The van der Waals surface area contributed by atoms with E-state index in [2.05, 4.69) is 0 Å². The maximum atomic E-state index is 13.3. The predicted molar refractivity (Wildman–Crippen MR) is 106 cm³/mol. The summed E-state index contributed by atoms with van der Waals surface area (Å²) in [6, 6.07) is 6.78. The van der Waals surface area contributed by atoms with E-state index in [1.807, 2.05) is 0 Å². The highest BCUT2D eigenvalue weighted by Gasteiger charge is 2.45. The summed E-state index contributed by atoms with van der Waals surface area (Å²) < 4.78 is 107. The molecule has 180 valence electrons. The molecule has 2 N–H and O–H groups in total. The molecule has 1 amide bonds. The third-order valence-corrected chi connectivity index (χ3v) is 6.61. The highest BCUT2D eigenvalue weighted by Crippen LogP contribution is 2.38. The Morgan fingerprint density at radius 1 is 0.939 bits per heavy atom. The molecule has 2 atom stereocenters. The van der Waals surface area contributed by atoms with Gasteiger partial charge in [-0.15, -0.1) is 0 Å². The quantitative estimate of drug-likeness (QED) is 0.639. The lowest BCUT2D eigenvalue weighted by atomic mass is 9.98. The zero-order valence-electron chi connectivity index (χ0n) is 16.8. The van der Waals surface area contributed by atoms with E-state index in [1.54, 1.807) is 0 Å². The lowest BCUT2D eigenvalue weighted by molar-refractivity contribution is -0.162. The maximum absolute atomic E-state index is 13.3. The van der Waals surface area contributed by atoms with Crippen molar-refractivity contribution in [1.82, 2.24) is 4.31 Å². The third kappa shape index (κ3) is 5.64. The van der Waals surface area contributed by atoms with Crippen LogP contribution in [0.15, 0.2) is 47.4 Å². The second-order valence-corrected chi connectivity index (χ2v) is 8.76. The van der Waals surface area contributed by atoms with Crippen LogP contribution in [0.4, 0.5) is 36.4 Å². The second-order valence-electron chi connectivity index (χ2n) is 7.27. The first-order chi connectivity index (χ1) is 15.3. The van der Waals surface area contributed by atoms with Crippen LogP contribution in [0.5, 0.6) is 0 Å². The van der Waals surface area contributed by atoms with Gasteiger partial charge in [0.05, 0.1) is 10.5 Å². The Kier molecular flexibility index (Phi) is 7.03. The molecule has 13 heteroatoms. The van der Waals surface area contributed by atoms with Crippen LogP contribution in [-0.2, 0) is 22.0 Å². The third-order valence-electron chi connectivity index (χ3n) is 5.10. The maximum Gasteiger partial charge on any atom is 0.418 e. The van der Waals surface area contributed by atoms with Gasteiger partial charge in [-0.25, -0.2) is 12.9 Å². The SMILES string of the molecule is NC(=O)C(c1ccc(S(=O)N2CCN(c3ccc(F)cc3C(F)(F)F)CC2)cc1)C(F)(F)F. The number of benzene rings is 2. The Bertz CT molecular complexity index is 1030. The van der Waals surface area contributed by atoms with E-state index in [-0.39, 0.29) is 36.8 Å². The van der Waals surface area contributed by atoms with E-state index < -0.39 is 52.1 Å². The number of primary amides is 1. The van der Waals surface area contributed by atoms with Gasteiger partial charge in [0.15, 0.2) is 5.92 Å². The summed E-state index contributed by atoms with van der Waals surface area (Å²) in [6.45, 7) is 0.317. The summed E-state index contributed by atoms with van der Waals surface area (Å²) in [7, 11) is -1.79. The van der Waals surface area contributed by atoms with E-state index in [1.165, 1.54) is 21.3 Å². The number of piperazine rings is 1. The molecule has 2 aromatic carbocycles. The number of carbonyl (C=O) groups excluding carboxylic acids is 1. The van der Waals surface area contributed by atoms with Gasteiger partial charge in [0, 0.05) is 31.9 Å². The van der Waals surface area contributed by atoms with Crippen LogP contribution >= 0.6 is 0 Å². The van der Waals surface area contributed by atoms with Gasteiger partial charge in [-0.1, -0.05) is 12.1 Å². The summed E-state index contributed by atoms with van der Waals surface area (Å²) >= 11 is 0. The number of rotatable bonds is 5. The zero-order chi connectivity index (χ0) is 24.6. The highest BCUT2D eigenvalue weighted by molar-refractivity contribution is 7.82. The van der Waals surface area contributed by atoms with Gasteiger partial charge in [-0.2, -0.15) is 26.3 Å². The standard InChI is InChI=1S/C20H18F7N3O2S/c21-13-3-6-16(15(11-13)19(22,23)24)29-7-9-30(10-8-29)33(32)14-4-1-12(2-5-14)17(18(28)31)20(25,26)27/h1-6,11,17H,7-10H2,(H2,28,31). The molecule has 1 fully saturated rings. The molecular weight excluding hydrogens is 479 g/mol. The number of carbonyl (C=O) groups is 1. The predicted octanol–water partition coefficient (Wildman–Crippen LogP) is 3.82. The first-order valence-corrected chi connectivity index (χ1v) is 10.6. The van der Waals surface area contributed by atoms with E-state index >= 15 is 0 Å². The smallest absolute Gasteiger partial charge is 0.369 e. The van der Waals surface area contributed by atoms with Gasteiger partial charge < -0.3 is 10.6 Å². The molecule has 1 aliphatic heterocycles. The second kappa shape index (κ2) is 9.29. The Morgan fingerprint density at radius 3 is 2.00 bits per heavy atom. The van der Waals surface area contributed by atoms with Crippen molar-refractivity contribution < 1.29 is 39.7 Å². The van der Waals surface area contributed by atoms with Crippen LogP contribution in [0.3, 0.4) is 0 Å². The molecule has 1 heterocycles. The fourth-order valence-electron chi connectivity index (χ4n) is 3.55. The number of alkyl halides is 6. The van der Waals surface area contributed by atoms with Gasteiger partial charge in [0.1, 0.15) is 16.8 Å². The van der Waals surface area contributed by atoms with E-state index in [0.717, 1.165) is 24.3 Å². The van der Waals surface area contributed by atoms with E-state index in [0.29, 0.717) is 6.07 Å². The number of hydrogen-bond donors (Lipinski definition) is 1. The lowest BCUT2D eigenvalue weighted by Gasteiger charge is -2.36. The van der Waals surface area contributed by atoms with Gasteiger partial charge in [-0.05, 0) is 35.9 Å². The fraction of sp³-hybridized carbons (Fsp3) is 0.350. The summed E-state index contributed by atoms with van der Waals surface area (Å²) in [4.78, 5) is 12.8. The monoisotopic (exact) mass is 497 g/mol. The van der Waals surface area contributed by atoms with Crippen molar-refractivity contribution in [2.24, 2.45) is 5.73 Å². The van der Waals surface area contributed by atoms with Gasteiger partial charge in [0.25, 0.3) is 0 Å². The fourth-order valence-corrected chi connectivity index (χ4v) is 4.71. The molecule has 0 radical (unpaired) electrons. The minimum atomic E-state index is -4.88. The minimum Gasteiger partial charge on any atom is -0.369 e. The van der Waals surface area contributed by atoms with Crippen molar-refractivity contribution in [3.05, 3.63) is 59.4 Å². The molecule has 1 aliphatic rings. The van der Waals surface area contributed by atoms with Crippen LogP contribution in [0.1, 0.15) is 17.0 Å². The molecule has 2 unspecified atom stereocenters. The average Bonchev–Trinajstić information content (AvgIpc) is 2.72. The van der Waals surface area contributed by atoms with Crippen LogP contribution < -0.4 is 10.6 Å². The lowest BCUT2D eigenvalue weighted by Crippen LogP contribution is -2.47. The molecule has 0 aromatic heterocycles. The number of hydrogen-bond acceptors (Lipinski definition) is 3. The van der Waals surface area contributed by atoms with Crippen LogP contribution in [0.2, 0.25) is 0 Å². The molecule has 0 spiro atoms. The number of nitrogens with two attached hydrogens (primary N) is 1. The number of amides is 1. The number of nitrogens with zero attached hydrogens (tertiary/aromatic N) is 2. The summed E-state index contributed by atoms with van der Waals surface area (Å²) in [5, 5.41) is 0. The van der Waals surface area contributed by atoms with Gasteiger partial charge >= 0.3 is 12.4 Å². The van der Waals surface area contributed by atoms with Crippen molar-refractivity contribution in [3.63, 3.8) is 0 Å². The topological polar surface area (TPSA) is 66.6 Å². The molecule has 0 saturated carbocycles. The number of anilines is 1. The zero-order valence-corrected chi connectivity index (χ0v) is 17.6. The van der Waals surface area contributed by atoms with Crippen molar-refractivity contribution in [3.8, 4) is 0 Å². The van der Waals surface area contributed by atoms with Crippen LogP contribution in [-0.4, -0.2) is 46.8 Å². The molecule has 1 saturated heterocycles. The van der Waals surface area contributed by atoms with Gasteiger partial charge in [0.2, 0.25) is 5.91 Å². The van der Waals surface area contributed by atoms with Gasteiger partial charge in [-0.3, -0.25) is 4.79 Å². The van der Waals surface area contributed by atoms with Crippen LogP contribution in [0, 0.1) is 5.82 Å². The summed E-state index contributed by atoms with van der Waals surface area (Å²) in [6.07, 6.45) is -9.63. The Labute approximate surface area is 186 Å². The minimum absolute atomic E-state index is 0.0658. The highest BCUT2D eigenvalue weighted by atomic mass is 32.2. The summed E-state index contributed by atoms with van der Waals surface area (Å²) in [5.74, 6) is -5.08. The molecule has 5 nitrogen and oxygen atoms in total. The molecule has 0 aliphatic carbocycles. The first kappa shape index (κ1) is 25.0. The molecular formula is C20H18F7N3O2S. The average molecular weight is 497 g/mol. The normalized spacial score (nSPS) is 17.6.